The first-order valence-electron chi connectivity index (χ1n) is 9.76. The molecular formula is C19H21F3N6O2S. The molecule has 1 aliphatic heterocycles. The van der Waals surface area contributed by atoms with E-state index in [0.29, 0.717) is 43.4 Å². The quantitative estimate of drug-likeness (QED) is 0.585. The van der Waals surface area contributed by atoms with Gasteiger partial charge in [0.1, 0.15) is 5.82 Å². The molecule has 1 fully saturated rings. The number of piperazine rings is 1. The minimum atomic E-state index is -4.63. The first-order valence-corrected chi connectivity index (χ1v) is 11.4. The first-order chi connectivity index (χ1) is 14.7. The molecule has 3 heterocycles. The van der Waals surface area contributed by atoms with Gasteiger partial charge in [-0.15, -0.1) is 15.3 Å². The van der Waals surface area contributed by atoms with Crippen molar-refractivity contribution in [3.05, 3.63) is 47.8 Å². The van der Waals surface area contributed by atoms with Crippen LogP contribution in [-0.4, -0.2) is 65.1 Å². The zero-order valence-corrected chi connectivity index (χ0v) is 17.6. The third-order valence-electron chi connectivity index (χ3n) is 5.27. The van der Waals surface area contributed by atoms with Crippen molar-refractivity contribution in [3.63, 3.8) is 0 Å². The van der Waals surface area contributed by atoms with Gasteiger partial charge in [0.2, 0.25) is 0 Å². The van der Waals surface area contributed by atoms with E-state index in [1.807, 2.05) is 17.0 Å². The second-order valence-electron chi connectivity index (χ2n) is 7.29. The Bertz CT molecular complexity index is 1170. The maximum absolute atomic E-state index is 13.1. The second kappa shape index (κ2) is 8.08. The Balaban J connectivity index is 1.41. The Morgan fingerprint density at radius 1 is 0.968 bits per heavy atom. The van der Waals surface area contributed by atoms with Crippen LogP contribution in [-0.2, 0) is 22.6 Å². The zero-order valence-electron chi connectivity index (χ0n) is 16.7. The van der Waals surface area contributed by atoms with Gasteiger partial charge in [0.15, 0.2) is 15.5 Å². The molecule has 0 N–H and O–H groups in total. The smallest absolute Gasteiger partial charge is 0.353 e. The molecule has 1 aliphatic rings. The number of alkyl halides is 3. The van der Waals surface area contributed by atoms with Gasteiger partial charge in [-0.3, -0.25) is 4.90 Å². The number of fused-ring (bicyclic) bond motifs is 1. The average molecular weight is 454 g/mol. The van der Waals surface area contributed by atoms with E-state index in [-0.39, 0.29) is 11.4 Å². The summed E-state index contributed by atoms with van der Waals surface area (Å²) in [5.41, 5.74) is 1.05. The van der Waals surface area contributed by atoms with Crippen LogP contribution in [0.4, 0.5) is 19.0 Å². The van der Waals surface area contributed by atoms with Crippen molar-refractivity contribution in [2.45, 2.75) is 24.5 Å². The molecule has 0 aliphatic carbocycles. The van der Waals surface area contributed by atoms with Gasteiger partial charge < -0.3 is 4.90 Å². The van der Waals surface area contributed by atoms with Crippen molar-refractivity contribution in [1.82, 2.24) is 24.7 Å². The standard InChI is InChI=1S/C19H21F3N6O2S/c1-2-31(29,30)15-5-3-14(4-6-15)13-26-9-11-27(12-10-26)17-8-7-16-23-24-18(19(20,21)22)28(16)25-17/h3-8H,2,9-13H2,1H3. The van der Waals surface area contributed by atoms with Crippen LogP contribution < -0.4 is 4.90 Å². The van der Waals surface area contributed by atoms with Crippen LogP contribution in [0.15, 0.2) is 41.3 Å². The first kappa shape index (κ1) is 21.5. The van der Waals surface area contributed by atoms with Crippen LogP contribution in [0.5, 0.6) is 0 Å². The lowest BCUT2D eigenvalue weighted by atomic mass is 10.2. The molecule has 0 atom stereocenters. The van der Waals surface area contributed by atoms with Crippen molar-refractivity contribution < 1.29 is 21.6 Å². The third kappa shape index (κ3) is 4.49. The number of anilines is 1. The summed E-state index contributed by atoms with van der Waals surface area (Å²) in [6.45, 7) is 4.87. The van der Waals surface area contributed by atoms with E-state index in [0.717, 1.165) is 10.1 Å². The fourth-order valence-electron chi connectivity index (χ4n) is 3.49. The number of halogens is 3. The van der Waals surface area contributed by atoms with E-state index >= 15 is 0 Å². The lowest BCUT2D eigenvalue weighted by molar-refractivity contribution is -0.146. The molecule has 1 aromatic carbocycles. The summed E-state index contributed by atoms with van der Waals surface area (Å²) in [7, 11) is -3.22. The Labute approximate surface area is 177 Å². The summed E-state index contributed by atoms with van der Waals surface area (Å²) in [5.74, 6) is -0.642. The molecule has 31 heavy (non-hydrogen) atoms. The van der Waals surface area contributed by atoms with E-state index in [1.54, 1.807) is 25.1 Å². The van der Waals surface area contributed by atoms with Crippen molar-refractivity contribution in [1.29, 1.82) is 0 Å². The average Bonchev–Trinajstić information content (AvgIpc) is 3.18. The molecule has 2 aromatic heterocycles. The summed E-state index contributed by atoms with van der Waals surface area (Å²) >= 11 is 0. The van der Waals surface area contributed by atoms with Gasteiger partial charge in [-0.1, -0.05) is 19.1 Å². The monoisotopic (exact) mass is 454 g/mol. The van der Waals surface area contributed by atoms with Gasteiger partial charge in [0, 0.05) is 32.7 Å². The van der Waals surface area contributed by atoms with Crippen molar-refractivity contribution in [3.8, 4) is 0 Å². The number of nitrogens with zero attached hydrogens (tertiary/aromatic N) is 6. The largest absolute Gasteiger partial charge is 0.453 e. The summed E-state index contributed by atoms with van der Waals surface area (Å²) in [5, 5.41) is 10.8. The Hall–Kier alpha value is -2.73. The summed E-state index contributed by atoms with van der Waals surface area (Å²) < 4.78 is 63.8. The number of benzene rings is 1. The van der Waals surface area contributed by atoms with Gasteiger partial charge in [0.05, 0.1) is 10.6 Å². The fraction of sp³-hybridized carbons (Fsp3) is 0.421. The third-order valence-corrected chi connectivity index (χ3v) is 7.02. The van der Waals surface area contributed by atoms with Gasteiger partial charge >= 0.3 is 6.18 Å². The predicted molar refractivity (Wildman–Crippen MR) is 107 cm³/mol. The molecule has 3 aromatic rings. The molecule has 0 spiro atoms. The molecule has 166 valence electrons. The summed E-state index contributed by atoms with van der Waals surface area (Å²) in [4.78, 5) is 4.45. The fourth-order valence-corrected chi connectivity index (χ4v) is 4.37. The van der Waals surface area contributed by atoms with Crippen LogP contribution in [0.1, 0.15) is 18.3 Å². The van der Waals surface area contributed by atoms with Crippen molar-refractivity contribution in [2.24, 2.45) is 0 Å². The van der Waals surface area contributed by atoms with E-state index in [9.17, 15) is 21.6 Å². The lowest BCUT2D eigenvalue weighted by Crippen LogP contribution is -2.46. The molecule has 0 saturated carbocycles. The van der Waals surface area contributed by atoms with Crippen LogP contribution in [0.3, 0.4) is 0 Å². The molecule has 0 amide bonds. The number of hydrogen-bond donors (Lipinski definition) is 0. The highest BCUT2D eigenvalue weighted by atomic mass is 32.2. The van der Waals surface area contributed by atoms with E-state index in [4.69, 9.17) is 0 Å². The van der Waals surface area contributed by atoms with Crippen LogP contribution in [0.2, 0.25) is 0 Å². The van der Waals surface area contributed by atoms with E-state index < -0.39 is 21.8 Å². The molecule has 0 bridgehead atoms. The maximum Gasteiger partial charge on any atom is 0.453 e. The Morgan fingerprint density at radius 2 is 1.65 bits per heavy atom. The van der Waals surface area contributed by atoms with Crippen molar-refractivity contribution in [2.75, 3.05) is 36.8 Å². The van der Waals surface area contributed by atoms with Crippen LogP contribution in [0, 0.1) is 0 Å². The summed E-state index contributed by atoms with van der Waals surface area (Å²) in [6, 6.07) is 10.0. The SMILES string of the molecule is CCS(=O)(=O)c1ccc(CN2CCN(c3ccc4nnc(C(F)(F)F)n4n3)CC2)cc1. The highest BCUT2D eigenvalue weighted by molar-refractivity contribution is 7.91. The molecule has 4 rings (SSSR count). The van der Waals surface area contributed by atoms with Crippen LogP contribution in [0.25, 0.3) is 5.65 Å². The van der Waals surface area contributed by atoms with E-state index in [1.165, 1.54) is 6.07 Å². The molecule has 0 unspecified atom stereocenters. The zero-order chi connectivity index (χ0) is 22.2. The van der Waals surface area contributed by atoms with Gasteiger partial charge in [-0.25, -0.2) is 8.42 Å². The lowest BCUT2D eigenvalue weighted by Gasteiger charge is -2.35. The minimum absolute atomic E-state index is 0.0447. The maximum atomic E-state index is 13.1. The predicted octanol–water partition coefficient (Wildman–Crippen LogP) is 2.26. The highest BCUT2D eigenvalue weighted by Gasteiger charge is 2.37. The van der Waals surface area contributed by atoms with Gasteiger partial charge in [0.25, 0.3) is 5.82 Å². The summed E-state index contributed by atoms with van der Waals surface area (Å²) in [6.07, 6.45) is -4.63. The molecule has 0 radical (unpaired) electrons. The number of aromatic nitrogens is 4. The molecule has 8 nitrogen and oxygen atoms in total. The van der Waals surface area contributed by atoms with E-state index in [2.05, 4.69) is 20.2 Å². The highest BCUT2D eigenvalue weighted by Crippen LogP contribution is 2.28. The number of sulfone groups is 1. The van der Waals surface area contributed by atoms with Crippen LogP contribution >= 0.6 is 0 Å². The minimum Gasteiger partial charge on any atom is -0.353 e. The number of hydrogen-bond acceptors (Lipinski definition) is 7. The molecule has 1 saturated heterocycles. The van der Waals surface area contributed by atoms with Gasteiger partial charge in [-0.05, 0) is 29.8 Å². The van der Waals surface area contributed by atoms with Gasteiger partial charge in [-0.2, -0.15) is 17.7 Å². The molecule has 12 heteroatoms. The normalized spacial score (nSPS) is 16.2. The second-order valence-corrected chi connectivity index (χ2v) is 9.57. The molecular weight excluding hydrogens is 433 g/mol. The number of rotatable bonds is 5. The topological polar surface area (TPSA) is 83.7 Å². The van der Waals surface area contributed by atoms with Crippen molar-refractivity contribution >= 4 is 21.3 Å². The Kier molecular flexibility index (Phi) is 5.60. The Morgan fingerprint density at radius 3 is 2.26 bits per heavy atom.